The lowest BCUT2D eigenvalue weighted by Gasteiger charge is -2.55. The van der Waals surface area contributed by atoms with E-state index in [0.29, 0.717) is 6.61 Å². The first-order valence-corrected chi connectivity index (χ1v) is 23.4. The zero-order chi connectivity index (χ0) is 40.0. The molecule has 6 heterocycles. The number of hydrogen-bond acceptors (Lipinski definition) is 2. The highest BCUT2D eigenvalue weighted by atomic mass is 16.5. The molecule has 0 spiro atoms. The van der Waals surface area contributed by atoms with E-state index in [-0.39, 0.29) is 0 Å². The van der Waals surface area contributed by atoms with Crippen molar-refractivity contribution in [2.24, 2.45) is 0 Å². The molecule has 4 bridgehead atoms. The number of rotatable bonds is 20. The van der Waals surface area contributed by atoms with Crippen LogP contribution in [0.3, 0.4) is 0 Å². The van der Waals surface area contributed by atoms with Gasteiger partial charge in [0.15, 0.2) is 0 Å². The van der Waals surface area contributed by atoms with Gasteiger partial charge in [-0.3, -0.25) is 0 Å². The lowest BCUT2D eigenvalue weighted by molar-refractivity contribution is -1.08. The summed E-state index contributed by atoms with van der Waals surface area (Å²) < 4.78 is 17.8. The first kappa shape index (κ1) is 42.5. The van der Waals surface area contributed by atoms with Gasteiger partial charge in [0.2, 0.25) is 0 Å². The zero-order valence-corrected chi connectivity index (χ0v) is 36.3. The second-order valence-electron chi connectivity index (χ2n) is 18.6. The molecule has 0 aliphatic carbocycles. The van der Waals surface area contributed by atoms with Gasteiger partial charge in [0, 0.05) is 28.7 Å². The molecule has 58 heavy (non-hydrogen) atoms. The number of fused-ring (bicyclic) bond motifs is 6. The molecule has 6 fully saturated rings. The Labute approximate surface area is 352 Å². The Morgan fingerprint density at radius 2 is 0.759 bits per heavy atom. The molecule has 6 aliphatic rings. The van der Waals surface area contributed by atoms with Gasteiger partial charge in [-0.2, -0.15) is 0 Å². The number of piperazine rings is 6. The Balaban J connectivity index is 0.773. The van der Waals surface area contributed by atoms with Crippen molar-refractivity contribution >= 4 is 0 Å². The van der Waals surface area contributed by atoms with Gasteiger partial charge in [0.1, 0.15) is 90.8 Å². The fraction of sp³-hybridized carbons (Fsp3) is 0.577. The molecule has 0 atom stereocenters. The molecule has 3 aromatic rings. The Kier molecular flexibility index (Phi) is 15.1. The summed E-state index contributed by atoms with van der Waals surface area (Å²) in [6.07, 6.45) is 12.2. The smallest absolute Gasteiger partial charge is 0.129 e. The monoisotopic (exact) mass is 787 g/mol. The molecule has 3 aromatic carbocycles. The molecule has 6 aliphatic heterocycles. The van der Waals surface area contributed by atoms with Gasteiger partial charge in [-0.15, -0.1) is 0 Å². The molecular weight excluding hydrogens is 713 g/mol. The van der Waals surface area contributed by atoms with Crippen molar-refractivity contribution in [3.8, 4) is 29.4 Å². The van der Waals surface area contributed by atoms with Crippen molar-refractivity contribution in [2.45, 2.75) is 78.2 Å². The minimum Gasteiger partial charge on any atom is -0.493 e. The predicted molar refractivity (Wildman–Crippen MR) is 238 cm³/mol. The van der Waals surface area contributed by atoms with E-state index >= 15 is 0 Å². The molecule has 0 N–H and O–H groups in total. The fourth-order valence-electron chi connectivity index (χ4n) is 10.3. The van der Waals surface area contributed by atoms with Gasteiger partial charge in [0.25, 0.3) is 0 Å². The average Bonchev–Trinajstić information content (AvgIpc) is 3.28. The van der Waals surface area contributed by atoms with Crippen LogP contribution in [0.15, 0.2) is 72.8 Å². The highest BCUT2D eigenvalue weighted by Crippen LogP contribution is 2.29. The van der Waals surface area contributed by atoms with Gasteiger partial charge >= 0.3 is 0 Å². The van der Waals surface area contributed by atoms with E-state index in [2.05, 4.69) is 110 Å². The number of hydrogen-bond donors (Lipinski definition) is 0. The molecule has 9 rings (SSSR count). The molecule has 0 saturated carbocycles. The first-order valence-electron chi connectivity index (χ1n) is 23.4. The molecular formula is C52H74N4O2+4. The van der Waals surface area contributed by atoms with E-state index in [1.54, 1.807) is 0 Å². The van der Waals surface area contributed by atoms with E-state index in [1.807, 2.05) is 0 Å². The topological polar surface area (TPSA) is 18.5 Å². The van der Waals surface area contributed by atoms with Gasteiger partial charge < -0.3 is 27.4 Å². The Morgan fingerprint density at radius 3 is 1.17 bits per heavy atom. The zero-order valence-electron chi connectivity index (χ0n) is 36.3. The van der Waals surface area contributed by atoms with E-state index in [0.717, 1.165) is 54.2 Å². The van der Waals surface area contributed by atoms with Crippen molar-refractivity contribution < 1.29 is 27.4 Å². The quantitative estimate of drug-likeness (QED) is 0.0653. The third-order valence-corrected chi connectivity index (χ3v) is 14.7. The van der Waals surface area contributed by atoms with Crippen molar-refractivity contribution in [1.82, 2.24) is 0 Å². The number of nitrogens with zero attached hydrogens (tertiary/aromatic N) is 4. The van der Waals surface area contributed by atoms with Crippen molar-refractivity contribution in [2.75, 3.05) is 118 Å². The largest absolute Gasteiger partial charge is 0.493 e. The molecule has 0 amide bonds. The van der Waals surface area contributed by atoms with E-state index in [9.17, 15) is 0 Å². The lowest BCUT2D eigenvalue weighted by Crippen LogP contribution is -2.75. The lowest BCUT2D eigenvalue weighted by atomic mass is 10.0. The third-order valence-electron chi connectivity index (χ3n) is 14.7. The summed E-state index contributed by atoms with van der Waals surface area (Å²) in [7, 11) is 0. The van der Waals surface area contributed by atoms with Gasteiger partial charge in [-0.1, -0.05) is 75.3 Å². The van der Waals surface area contributed by atoms with E-state index < -0.39 is 0 Å². The van der Waals surface area contributed by atoms with Crippen LogP contribution in [0.5, 0.6) is 5.75 Å². The van der Waals surface area contributed by atoms with Crippen LogP contribution in [0.25, 0.3) is 0 Å². The average molecular weight is 787 g/mol. The van der Waals surface area contributed by atoms with E-state index in [1.165, 1.54) is 173 Å². The number of ether oxygens (including phenoxy) is 2. The summed E-state index contributed by atoms with van der Waals surface area (Å²) in [5.74, 6) is 14.2. The summed E-state index contributed by atoms with van der Waals surface area (Å²) in [5, 5.41) is 0. The number of unbranched alkanes of at least 4 members (excludes halogenated alkanes) is 6. The van der Waals surface area contributed by atoms with Crippen LogP contribution in [0.1, 0.15) is 99.5 Å². The molecule has 0 unspecified atom stereocenters. The van der Waals surface area contributed by atoms with Crippen LogP contribution in [-0.2, 0) is 11.3 Å². The van der Waals surface area contributed by atoms with Gasteiger partial charge in [-0.25, -0.2) is 0 Å². The number of quaternary nitrogens is 4. The van der Waals surface area contributed by atoms with Gasteiger partial charge in [0.05, 0.1) is 39.5 Å². The van der Waals surface area contributed by atoms with Crippen LogP contribution < -0.4 is 4.74 Å². The van der Waals surface area contributed by atoms with Crippen LogP contribution in [0, 0.1) is 23.7 Å². The first-order chi connectivity index (χ1) is 28.4. The SMILES string of the molecule is CCCCCC[N+]12CC[N+](CCCOc3ccc(C#Cc4ccc(C#Cc5ccc(COCC[N+]67CC[N+](CCCCCC)(CC6)CC7)cc5)cc4)cc3)(CC1)CC2. The Hall–Kier alpha value is -3.62. The maximum atomic E-state index is 6.20. The van der Waals surface area contributed by atoms with E-state index in [4.69, 9.17) is 9.47 Å². The van der Waals surface area contributed by atoms with Crippen molar-refractivity contribution in [3.05, 3.63) is 101 Å². The maximum absolute atomic E-state index is 6.20. The van der Waals surface area contributed by atoms with Crippen molar-refractivity contribution in [3.63, 3.8) is 0 Å². The third kappa shape index (κ3) is 11.8. The van der Waals surface area contributed by atoms with Gasteiger partial charge in [-0.05, 0) is 91.9 Å². The van der Waals surface area contributed by atoms with Crippen molar-refractivity contribution in [1.29, 1.82) is 0 Å². The highest BCUT2D eigenvalue weighted by molar-refractivity contribution is 5.48. The van der Waals surface area contributed by atoms with Crippen LogP contribution in [-0.4, -0.2) is 136 Å². The summed E-state index contributed by atoms with van der Waals surface area (Å²) in [6, 6.07) is 25.0. The maximum Gasteiger partial charge on any atom is 0.129 e. The molecule has 6 nitrogen and oxygen atoms in total. The fourth-order valence-corrected chi connectivity index (χ4v) is 10.3. The summed E-state index contributed by atoms with van der Waals surface area (Å²) >= 11 is 0. The van der Waals surface area contributed by atoms with Crippen LogP contribution in [0.2, 0.25) is 0 Å². The normalized spacial score (nSPS) is 25.8. The Morgan fingerprint density at radius 1 is 0.397 bits per heavy atom. The molecule has 6 heteroatoms. The summed E-state index contributed by atoms with van der Waals surface area (Å²) in [4.78, 5) is 0. The summed E-state index contributed by atoms with van der Waals surface area (Å²) in [6.45, 7) is 28.5. The van der Waals surface area contributed by atoms with Crippen LogP contribution >= 0.6 is 0 Å². The second kappa shape index (κ2) is 20.6. The molecule has 310 valence electrons. The second-order valence-corrected chi connectivity index (χ2v) is 18.6. The molecule has 0 aromatic heterocycles. The standard InChI is InChI=1S/C52H74N4O2/c1-3-5-7-9-28-53-31-34-55(35-32-53,36-33-53)30-11-44-58-52-26-24-50(25-27-52)19-18-48-14-12-47(13-15-48)16-17-49-20-22-51(23-21-49)46-57-45-43-56-40-37-54(38-41-56,39-42-56)29-10-8-6-4-2/h12-15,20-27H,3-11,28-46H2,1-2H3/q+4. The molecule has 0 radical (unpaired) electrons. The number of benzene rings is 3. The highest BCUT2D eigenvalue weighted by Gasteiger charge is 2.49. The predicted octanol–water partition coefficient (Wildman–Crippen LogP) is 8.25. The molecule has 6 saturated heterocycles. The minimum absolute atomic E-state index is 0.672. The Bertz CT molecular complexity index is 1660. The summed E-state index contributed by atoms with van der Waals surface area (Å²) in [5.41, 5.74) is 5.21. The van der Waals surface area contributed by atoms with Crippen LogP contribution in [0.4, 0.5) is 0 Å². The minimum atomic E-state index is 0.672.